The fourth-order valence-electron chi connectivity index (χ4n) is 1.68. The van der Waals surface area contributed by atoms with E-state index in [1.54, 1.807) is 0 Å². The van der Waals surface area contributed by atoms with Crippen molar-refractivity contribution in [2.75, 3.05) is 6.54 Å². The van der Waals surface area contributed by atoms with Crippen LogP contribution in [0.25, 0.3) is 0 Å². The normalized spacial score (nSPS) is 13.4. The molecule has 0 radical (unpaired) electrons. The highest BCUT2D eigenvalue weighted by Crippen LogP contribution is 2.06. The Morgan fingerprint density at radius 3 is 2.53 bits per heavy atom. The Kier molecular flexibility index (Phi) is 4.82. The van der Waals surface area contributed by atoms with Gasteiger partial charge in [0.15, 0.2) is 0 Å². The highest BCUT2D eigenvalue weighted by molar-refractivity contribution is 5.00. The average molecular weight is 209 g/mol. The minimum absolute atomic E-state index is 0.430. The van der Waals surface area contributed by atoms with Crippen molar-refractivity contribution in [3.63, 3.8) is 0 Å². The van der Waals surface area contributed by atoms with Gasteiger partial charge in [0.2, 0.25) is 0 Å². The highest BCUT2D eigenvalue weighted by Gasteiger charge is 2.08. The van der Waals surface area contributed by atoms with Crippen LogP contribution in [-0.4, -0.2) is 22.4 Å². The number of aryl methyl sites for hydroxylation is 1. The quantitative estimate of drug-likeness (QED) is 0.780. The molecule has 1 atom stereocenters. The molecule has 86 valence electrons. The molecule has 0 aliphatic rings. The Morgan fingerprint density at radius 1 is 1.40 bits per heavy atom. The topological polar surface area (TPSA) is 29.9 Å². The van der Waals surface area contributed by atoms with E-state index in [0.717, 1.165) is 6.54 Å². The van der Waals surface area contributed by atoms with E-state index in [4.69, 9.17) is 0 Å². The van der Waals surface area contributed by atoms with Gasteiger partial charge in [-0.2, -0.15) is 5.10 Å². The third kappa shape index (κ3) is 3.67. The number of nitrogens with zero attached hydrogens (tertiary/aromatic N) is 2. The van der Waals surface area contributed by atoms with Gasteiger partial charge in [0.05, 0.1) is 12.2 Å². The van der Waals surface area contributed by atoms with E-state index in [2.05, 4.69) is 44.3 Å². The molecule has 1 aromatic rings. The molecule has 0 amide bonds. The summed E-state index contributed by atoms with van der Waals surface area (Å²) in [6, 6.07) is 1.07. The van der Waals surface area contributed by atoms with Crippen LogP contribution >= 0.6 is 0 Å². The molecule has 15 heavy (non-hydrogen) atoms. The maximum absolute atomic E-state index is 4.32. The van der Waals surface area contributed by atoms with E-state index in [-0.39, 0.29) is 0 Å². The number of aromatic nitrogens is 2. The van der Waals surface area contributed by atoms with Crippen molar-refractivity contribution in [1.82, 2.24) is 15.1 Å². The summed E-state index contributed by atoms with van der Waals surface area (Å²) in [6.45, 7) is 9.72. The zero-order chi connectivity index (χ0) is 11.3. The van der Waals surface area contributed by atoms with Gasteiger partial charge in [-0.05, 0) is 32.3 Å². The number of rotatable bonds is 6. The van der Waals surface area contributed by atoms with E-state index in [9.17, 15) is 0 Å². The van der Waals surface area contributed by atoms with E-state index >= 15 is 0 Å². The minimum atomic E-state index is 0.430. The van der Waals surface area contributed by atoms with E-state index in [1.165, 1.54) is 18.4 Å². The SMILES string of the molecule is CCC(CC)NCC(C)n1cc(C)cn1. The van der Waals surface area contributed by atoms with Gasteiger partial charge in [0, 0.05) is 18.8 Å². The average Bonchev–Trinajstić information content (AvgIpc) is 2.66. The van der Waals surface area contributed by atoms with Gasteiger partial charge in [-0.1, -0.05) is 13.8 Å². The van der Waals surface area contributed by atoms with Crippen LogP contribution in [0.2, 0.25) is 0 Å². The van der Waals surface area contributed by atoms with Gasteiger partial charge in [0.25, 0.3) is 0 Å². The van der Waals surface area contributed by atoms with Crippen LogP contribution < -0.4 is 5.32 Å². The maximum atomic E-state index is 4.32. The first-order valence-corrected chi connectivity index (χ1v) is 5.91. The molecule has 0 spiro atoms. The van der Waals surface area contributed by atoms with Crippen LogP contribution in [0.4, 0.5) is 0 Å². The van der Waals surface area contributed by atoms with Gasteiger partial charge in [-0.15, -0.1) is 0 Å². The minimum Gasteiger partial charge on any atom is -0.312 e. The third-order valence-electron chi connectivity index (χ3n) is 2.87. The number of nitrogens with one attached hydrogen (secondary N) is 1. The zero-order valence-electron chi connectivity index (χ0n) is 10.3. The van der Waals surface area contributed by atoms with Gasteiger partial charge >= 0.3 is 0 Å². The van der Waals surface area contributed by atoms with Crippen molar-refractivity contribution >= 4 is 0 Å². The molecular formula is C12H23N3. The van der Waals surface area contributed by atoms with Gasteiger partial charge in [-0.25, -0.2) is 0 Å². The van der Waals surface area contributed by atoms with Crippen LogP contribution in [0.3, 0.4) is 0 Å². The Balaban J connectivity index is 2.39. The summed E-state index contributed by atoms with van der Waals surface area (Å²) < 4.78 is 2.03. The molecule has 3 heteroatoms. The molecule has 0 bridgehead atoms. The van der Waals surface area contributed by atoms with Crippen molar-refractivity contribution in [3.8, 4) is 0 Å². The second-order valence-corrected chi connectivity index (χ2v) is 4.27. The molecule has 0 aliphatic carbocycles. The first kappa shape index (κ1) is 12.2. The molecular weight excluding hydrogens is 186 g/mol. The molecule has 1 heterocycles. The Hall–Kier alpha value is -0.830. The molecule has 0 saturated heterocycles. The first-order chi connectivity index (χ1) is 7.17. The molecule has 0 fully saturated rings. The summed E-state index contributed by atoms with van der Waals surface area (Å²) in [7, 11) is 0. The molecule has 0 aliphatic heterocycles. The van der Waals surface area contributed by atoms with Gasteiger partial charge in [-0.3, -0.25) is 4.68 Å². The molecule has 3 nitrogen and oxygen atoms in total. The lowest BCUT2D eigenvalue weighted by Crippen LogP contribution is -2.32. The summed E-state index contributed by atoms with van der Waals surface area (Å²) in [6.07, 6.45) is 6.40. The second kappa shape index (κ2) is 5.91. The lowest BCUT2D eigenvalue weighted by molar-refractivity contribution is 0.401. The summed E-state index contributed by atoms with van der Waals surface area (Å²) >= 11 is 0. The van der Waals surface area contributed by atoms with Crippen molar-refractivity contribution in [1.29, 1.82) is 0 Å². The van der Waals surface area contributed by atoms with Crippen LogP contribution in [0.1, 0.15) is 45.2 Å². The smallest absolute Gasteiger partial charge is 0.0615 e. The molecule has 1 N–H and O–H groups in total. The predicted octanol–water partition coefficient (Wildman–Crippen LogP) is 2.53. The number of hydrogen-bond acceptors (Lipinski definition) is 2. The highest BCUT2D eigenvalue weighted by atomic mass is 15.3. The maximum Gasteiger partial charge on any atom is 0.0615 e. The van der Waals surface area contributed by atoms with E-state index < -0.39 is 0 Å². The van der Waals surface area contributed by atoms with Gasteiger partial charge in [0.1, 0.15) is 0 Å². The monoisotopic (exact) mass is 209 g/mol. The fraction of sp³-hybridized carbons (Fsp3) is 0.750. The van der Waals surface area contributed by atoms with Crippen LogP contribution in [-0.2, 0) is 0 Å². The molecule has 1 aromatic heterocycles. The second-order valence-electron chi connectivity index (χ2n) is 4.27. The first-order valence-electron chi connectivity index (χ1n) is 5.91. The van der Waals surface area contributed by atoms with E-state index in [0.29, 0.717) is 12.1 Å². The summed E-state index contributed by atoms with van der Waals surface area (Å²) in [5, 5.41) is 7.89. The Morgan fingerprint density at radius 2 is 2.07 bits per heavy atom. The van der Waals surface area contributed by atoms with Crippen LogP contribution in [0.5, 0.6) is 0 Å². The van der Waals surface area contributed by atoms with Crippen LogP contribution in [0, 0.1) is 6.92 Å². The van der Waals surface area contributed by atoms with Crippen LogP contribution in [0.15, 0.2) is 12.4 Å². The summed E-state index contributed by atoms with van der Waals surface area (Å²) in [5.74, 6) is 0. The van der Waals surface area contributed by atoms with E-state index in [1.807, 2.05) is 10.9 Å². The molecule has 0 saturated carbocycles. The molecule has 1 rings (SSSR count). The largest absolute Gasteiger partial charge is 0.312 e. The van der Waals surface area contributed by atoms with Crippen molar-refractivity contribution < 1.29 is 0 Å². The van der Waals surface area contributed by atoms with Crippen molar-refractivity contribution in [3.05, 3.63) is 18.0 Å². The zero-order valence-corrected chi connectivity index (χ0v) is 10.3. The molecule has 1 unspecified atom stereocenters. The third-order valence-corrected chi connectivity index (χ3v) is 2.87. The lowest BCUT2D eigenvalue weighted by atomic mass is 10.1. The summed E-state index contributed by atoms with van der Waals surface area (Å²) in [4.78, 5) is 0. The Bertz CT molecular complexity index is 276. The Labute approximate surface area is 92.9 Å². The summed E-state index contributed by atoms with van der Waals surface area (Å²) in [5.41, 5.74) is 1.23. The van der Waals surface area contributed by atoms with Crippen molar-refractivity contribution in [2.45, 2.75) is 52.6 Å². The predicted molar refractivity (Wildman–Crippen MR) is 64.0 cm³/mol. The number of hydrogen-bond donors (Lipinski definition) is 1. The van der Waals surface area contributed by atoms with Crippen molar-refractivity contribution in [2.24, 2.45) is 0 Å². The van der Waals surface area contributed by atoms with Gasteiger partial charge < -0.3 is 5.32 Å². The fourth-order valence-corrected chi connectivity index (χ4v) is 1.68. The molecule has 0 aromatic carbocycles. The standard InChI is InChI=1S/C12H23N3/c1-5-12(6-2)13-8-11(4)15-9-10(3)7-14-15/h7,9,11-13H,5-6,8H2,1-4H3. The lowest BCUT2D eigenvalue weighted by Gasteiger charge is -2.18.